The van der Waals surface area contributed by atoms with Gasteiger partial charge in [0.25, 0.3) is 0 Å². The summed E-state index contributed by atoms with van der Waals surface area (Å²) in [4.78, 5) is 4.23. The molecule has 0 spiro atoms. The van der Waals surface area contributed by atoms with Gasteiger partial charge in [0, 0.05) is 5.56 Å². The third-order valence-corrected chi connectivity index (χ3v) is 3.51. The smallest absolute Gasteiger partial charge is 0.211 e. The van der Waals surface area contributed by atoms with E-state index in [9.17, 15) is 0 Å². The van der Waals surface area contributed by atoms with Crippen LogP contribution in [0.25, 0.3) is 11.3 Å². The summed E-state index contributed by atoms with van der Waals surface area (Å²) >= 11 is 11.9. The van der Waals surface area contributed by atoms with Gasteiger partial charge in [0.2, 0.25) is 5.89 Å². The Morgan fingerprint density at radius 3 is 2.63 bits per heavy atom. The van der Waals surface area contributed by atoms with Crippen molar-refractivity contribution in [2.75, 3.05) is 0 Å². The van der Waals surface area contributed by atoms with Crippen LogP contribution in [0.4, 0.5) is 0 Å². The maximum Gasteiger partial charge on any atom is 0.211 e. The SMILES string of the molecule is CC(C)CC(N)c1ncc(-c2ccc(Cl)c(Cl)c2)o1. The van der Waals surface area contributed by atoms with E-state index < -0.39 is 0 Å². The van der Waals surface area contributed by atoms with E-state index in [4.69, 9.17) is 33.4 Å². The molecule has 1 aromatic carbocycles. The minimum absolute atomic E-state index is 0.184. The van der Waals surface area contributed by atoms with Gasteiger partial charge in [0.1, 0.15) is 0 Å². The van der Waals surface area contributed by atoms with Crippen LogP contribution in [-0.2, 0) is 0 Å². The summed E-state index contributed by atoms with van der Waals surface area (Å²) in [6, 6.07) is 5.14. The molecule has 0 fully saturated rings. The molecule has 0 saturated carbocycles. The zero-order valence-corrected chi connectivity index (χ0v) is 12.4. The lowest BCUT2D eigenvalue weighted by atomic mass is 10.0. The second kappa shape index (κ2) is 5.95. The van der Waals surface area contributed by atoms with Gasteiger partial charge in [0.15, 0.2) is 5.76 Å². The van der Waals surface area contributed by atoms with Gasteiger partial charge >= 0.3 is 0 Å². The number of nitrogens with zero attached hydrogens (tertiary/aromatic N) is 1. The first kappa shape index (κ1) is 14.4. The van der Waals surface area contributed by atoms with E-state index >= 15 is 0 Å². The van der Waals surface area contributed by atoms with Crippen molar-refractivity contribution < 1.29 is 4.42 Å². The Hall–Kier alpha value is -1.03. The molecule has 102 valence electrons. The average Bonchev–Trinajstić information content (AvgIpc) is 2.81. The van der Waals surface area contributed by atoms with E-state index in [1.54, 1.807) is 18.3 Å². The Labute approximate surface area is 122 Å². The van der Waals surface area contributed by atoms with E-state index in [0.29, 0.717) is 27.6 Å². The molecule has 0 amide bonds. The van der Waals surface area contributed by atoms with Crippen LogP contribution in [-0.4, -0.2) is 4.98 Å². The Kier molecular flexibility index (Phi) is 4.50. The van der Waals surface area contributed by atoms with Gasteiger partial charge < -0.3 is 10.2 Å². The quantitative estimate of drug-likeness (QED) is 0.890. The Morgan fingerprint density at radius 2 is 2.00 bits per heavy atom. The van der Waals surface area contributed by atoms with Crippen molar-refractivity contribution in [2.24, 2.45) is 11.7 Å². The molecule has 2 rings (SSSR count). The van der Waals surface area contributed by atoms with E-state index in [1.165, 1.54) is 0 Å². The number of nitrogens with two attached hydrogens (primary N) is 1. The molecular formula is C14H16Cl2N2O. The van der Waals surface area contributed by atoms with Gasteiger partial charge in [-0.25, -0.2) is 4.98 Å². The molecule has 19 heavy (non-hydrogen) atoms. The summed E-state index contributed by atoms with van der Waals surface area (Å²) in [5.41, 5.74) is 6.88. The highest BCUT2D eigenvalue weighted by atomic mass is 35.5. The first-order chi connectivity index (χ1) is 8.97. The van der Waals surface area contributed by atoms with Crippen molar-refractivity contribution in [3.05, 3.63) is 40.3 Å². The predicted molar refractivity (Wildman–Crippen MR) is 78.3 cm³/mol. The molecule has 1 heterocycles. The summed E-state index contributed by atoms with van der Waals surface area (Å²) < 4.78 is 5.69. The molecule has 0 aliphatic heterocycles. The largest absolute Gasteiger partial charge is 0.439 e. The second-order valence-corrected chi connectivity index (χ2v) is 5.74. The number of hydrogen-bond acceptors (Lipinski definition) is 3. The van der Waals surface area contributed by atoms with E-state index in [2.05, 4.69) is 18.8 Å². The molecule has 3 nitrogen and oxygen atoms in total. The predicted octanol–water partition coefficient (Wildman–Crippen LogP) is 4.69. The van der Waals surface area contributed by atoms with Crippen LogP contribution < -0.4 is 5.73 Å². The van der Waals surface area contributed by atoms with Crippen molar-refractivity contribution in [1.82, 2.24) is 4.98 Å². The Balaban J connectivity index is 2.22. The van der Waals surface area contributed by atoms with Crippen LogP contribution in [0.5, 0.6) is 0 Å². The number of rotatable bonds is 4. The molecule has 2 aromatic rings. The summed E-state index contributed by atoms with van der Waals surface area (Å²) in [6.45, 7) is 4.23. The van der Waals surface area contributed by atoms with Crippen molar-refractivity contribution in [2.45, 2.75) is 26.3 Å². The summed E-state index contributed by atoms with van der Waals surface area (Å²) in [5.74, 6) is 1.69. The highest BCUT2D eigenvalue weighted by Crippen LogP contribution is 2.30. The molecule has 0 bridgehead atoms. The Bertz CT molecular complexity index is 566. The van der Waals surface area contributed by atoms with Crippen molar-refractivity contribution >= 4 is 23.2 Å². The minimum Gasteiger partial charge on any atom is -0.439 e. The lowest BCUT2D eigenvalue weighted by Gasteiger charge is -2.09. The zero-order valence-electron chi connectivity index (χ0n) is 10.9. The van der Waals surface area contributed by atoms with Crippen molar-refractivity contribution in [3.8, 4) is 11.3 Å². The maximum absolute atomic E-state index is 6.04. The topological polar surface area (TPSA) is 52.0 Å². The molecule has 0 aliphatic carbocycles. The molecule has 1 unspecified atom stereocenters. The van der Waals surface area contributed by atoms with E-state index in [-0.39, 0.29) is 6.04 Å². The van der Waals surface area contributed by atoms with Gasteiger partial charge in [-0.05, 0) is 30.5 Å². The molecule has 0 aliphatic rings. The summed E-state index contributed by atoms with van der Waals surface area (Å²) in [6.07, 6.45) is 2.50. The number of benzene rings is 1. The molecule has 5 heteroatoms. The lowest BCUT2D eigenvalue weighted by molar-refractivity contribution is 0.408. The Morgan fingerprint density at radius 1 is 1.26 bits per heavy atom. The van der Waals surface area contributed by atoms with Crippen molar-refractivity contribution in [1.29, 1.82) is 0 Å². The van der Waals surface area contributed by atoms with Crippen LogP contribution in [0.15, 0.2) is 28.8 Å². The fourth-order valence-corrected chi connectivity index (χ4v) is 2.15. The van der Waals surface area contributed by atoms with Gasteiger partial charge in [-0.15, -0.1) is 0 Å². The zero-order chi connectivity index (χ0) is 14.0. The second-order valence-electron chi connectivity index (χ2n) is 4.93. The maximum atomic E-state index is 6.04. The van der Waals surface area contributed by atoms with E-state index in [0.717, 1.165) is 12.0 Å². The summed E-state index contributed by atoms with van der Waals surface area (Å²) in [5, 5.41) is 1.00. The lowest BCUT2D eigenvalue weighted by Crippen LogP contribution is -2.13. The number of oxazole rings is 1. The number of hydrogen-bond donors (Lipinski definition) is 1. The third-order valence-electron chi connectivity index (χ3n) is 2.77. The standard InChI is InChI=1S/C14H16Cl2N2O/c1-8(2)5-12(17)14-18-7-13(19-14)9-3-4-10(15)11(16)6-9/h3-4,6-8,12H,5,17H2,1-2H3. The van der Waals surface area contributed by atoms with Crippen LogP contribution in [0.2, 0.25) is 10.0 Å². The molecular weight excluding hydrogens is 283 g/mol. The molecule has 2 N–H and O–H groups in total. The van der Waals surface area contributed by atoms with Gasteiger partial charge in [-0.2, -0.15) is 0 Å². The van der Waals surface area contributed by atoms with Gasteiger partial charge in [-0.1, -0.05) is 37.0 Å². The van der Waals surface area contributed by atoms with Crippen molar-refractivity contribution in [3.63, 3.8) is 0 Å². The first-order valence-electron chi connectivity index (χ1n) is 6.14. The van der Waals surface area contributed by atoms with E-state index in [1.807, 2.05) is 6.07 Å². The molecule has 0 radical (unpaired) electrons. The highest BCUT2D eigenvalue weighted by molar-refractivity contribution is 6.42. The monoisotopic (exact) mass is 298 g/mol. The minimum atomic E-state index is -0.184. The molecule has 1 aromatic heterocycles. The number of halogens is 2. The molecule has 0 saturated heterocycles. The highest BCUT2D eigenvalue weighted by Gasteiger charge is 2.15. The van der Waals surface area contributed by atoms with Gasteiger partial charge in [-0.3, -0.25) is 0 Å². The molecule has 1 atom stereocenters. The third kappa shape index (κ3) is 3.50. The number of aromatic nitrogens is 1. The first-order valence-corrected chi connectivity index (χ1v) is 6.89. The normalized spacial score (nSPS) is 12.9. The van der Waals surface area contributed by atoms with Crippen LogP contribution >= 0.6 is 23.2 Å². The van der Waals surface area contributed by atoms with Crippen LogP contribution in [0.3, 0.4) is 0 Å². The fourth-order valence-electron chi connectivity index (χ4n) is 1.85. The average molecular weight is 299 g/mol. The van der Waals surface area contributed by atoms with Crippen LogP contribution in [0.1, 0.15) is 32.2 Å². The summed E-state index contributed by atoms with van der Waals surface area (Å²) in [7, 11) is 0. The van der Waals surface area contributed by atoms with Gasteiger partial charge in [0.05, 0.1) is 22.3 Å². The fraction of sp³-hybridized carbons (Fsp3) is 0.357. The van der Waals surface area contributed by atoms with Crippen LogP contribution in [0, 0.1) is 5.92 Å².